The first-order valence-electron chi connectivity index (χ1n) is 6.63. The Balaban J connectivity index is 1.94. The molecular formula is C17H17N3. The van der Waals surface area contributed by atoms with Gasteiger partial charge in [0.15, 0.2) is 0 Å². The molecule has 3 rings (SSSR count). The van der Waals surface area contributed by atoms with Gasteiger partial charge < -0.3 is 10.6 Å². The van der Waals surface area contributed by atoms with Crippen molar-refractivity contribution in [2.45, 2.75) is 6.54 Å². The molecule has 0 radical (unpaired) electrons. The van der Waals surface area contributed by atoms with Gasteiger partial charge in [-0.2, -0.15) is 0 Å². The Bertz CT molecular complexity index is 732. The molecule has 100 valence electrons. The molecule has 20 heavy (non-hydrogen) atoms. The van der Waals surface area contributed by atoms with Crippen molar-refractivity contribution in [2.24, 2.45) is 0 Å². The van der Waals surface area contributed by atoms with Crippen molar-refractivity contribution in [2.75, 3.05) is 17.7 Å². The summed E-state index contributed by atoms with van der Waals surface area (Å²) >= 11 is 0. The van der Waals surface area contributed by atoms with Crippen LogP contribution in [0.25, 0.3) is 10.8 Å². The number of nitrogen functional groups attached to an aromatic ring is 1. The molecule has 3 heteroatoms. The summed E-state index contributed by atoms with van der Waals surface area (Å²) in [7, 11) is 2.05. The third-order valence-corrected chi connectivity index (χ3v) is 3.38. The lowest BCUT2D eigenvalue weighted by molar-refractivity contribution is 0.905. The molecule has 0 fully saturated rings. The van der Waals surface area contributed by atoms with Gasteiger partial charge in [0.25, 0.3) is 0 Å². The number of anilines is 2. The highest BCUT2D eigenvalue weighted by molar-refractivity contribution is 5.91. The number of benzene rings is 2. The van der Waals surface area contributed by atoms with E-state index in [2.05, 4.69) is 35.1 Å². The van der Waals surface area contributed by atoms with Crippen molar-refractivity contribution in [1.82, 2.24) is 4.98 Å². The molecule has 3 aromatic rings. The maximum absolute atomic E-state index is 5.83. The number of aromatic nitrogens is 1. The van der Waals surface area contributed by atoms with Crippen LogP contribution in [-0.4, -0.2) is 12.0 Å². The summed E-state index contributed by atoms with van der Waals surface area (Å²) in [6.45, 7) is 0.784. The highest BCUT2D eigenvalue weighted by atomic mass is 15.2. The Morgan fingerprint density at radius 3 is 2.75 bits per heavy atom. The number of hydrogen-bond acceptors (Lipinski definition) is 3. The summed E-state index contributed by atoms with van der Waals surface area (Å²) in [5, 5.41) is 2.37. The van der Waals surface area contributed by atoms with Gasteiger partial charge >= 0.3 is 0 Å². The quantitative estimate of drug-likeness (QED) is 0.736. The number of fused-ring (bicyclic) bond motifs is 1. The number of rotatable bonds is 3. The molecular weight excluding hydrogens is 246 g/mol. The van der Waals surface area contributed by atoms with E-state index >= 15 is 0 Å². The molecule has 0 unspecified atom stereocenters. The lowest BCUT2D eigenvalue weighted by atomic mass is 10.1. The largest absolute Gasteiger partial charge is 0.399 e. The zero-order valence-electron chi connectivity index (χ0n) is 11.5. The minimum Gasteiger partial charge on any atom is -0.399 e. The summed E-state index contributed by atoms with van der Waals surface area (Å²) in [4.78, 5) is 6.67. The van der Waals surface area contributed by atoms with Crippen LogP contribution in [0.15, 0.2) is 60.8 Å². The van der Waals surface area contributed by atoms with E-state index in [0.717, 1.165) is 18.1 Å². The van der Waals surface area contributed by atoms with Gasteiger partial charge in [-0.05, 0) is 29.1 Å². The first-order valence-corrected chi connectivity index (χ1v) is 6.63. The Morgan fingerprint density at radius 2 is 1.90 bits per heavy atom. The molecule has 0 bridgehead atoms. The molecule has 0 aliphatic rings. The summed E-state index contributed by atoms with van der Waals surface area (Å²) in [5.41, 5.74) is 7.81. The van der Waals surface area contributed by atoms with Crippen molar-refractivity contribution in [3.63, 3.8) is 0 Å². The van der Waals surface area contributed by atoms with Crippen molar-refractivity contribution in [3.8, 4) is 0 Å². The molecule has 0 aliphatic carbocycles. The zero-order valence-corrected chi connectivity index (χ0v) is 11.5. The second-order valence-corrected chi connectivity index (χ2v) is 4.96. The van der Waals surface area contributed by atoms with Crippen LogP contribution in [0.3, 0.4) is 0 Å². The molecule has 0 spiro atoms. The molecule has 2 aromatic carbocycles. The van der Waals surface area contributed by atoms with Crippen molar-refractivity contribution in [3.05, 3.63) is 66.4 Å². The Morgan fingerprint density at radius 1 is 1.05 bits per heavy atom. The smallest absolute Gasteiger partial charge is 0.136 e. The molecule has 0 saturated carbocycles. The van der Waals surface area contributed by atoms with E-state index in [0.29, 0.717) is 0 Å². The average molecular weight is 263 g/mol. The van der Waals surface area contributed by atoms with E-state index < -0.39 is 0 Å². The van der Waals surface area contributed by atoms with Crippen molar-refractivity contribution >= 4 is 22.3 Å². The van der Waals surface area contributed by atoms with Crippen LogP contribution < -0.4 is 10.6 Å². The van der Waals surface area contributed by atoms with E-state index in [1.807, 2.05) is 42.6 Å². The summed E-state index contributed by atoms with van der Waals surface area (Å²) in [6.07, 6.45) is 1.85. The number of hydrogen-bond donors (Lipinski definition) is 1. The van der Waals surface area contributed by atoms with Crippen molar-refractivity contribution < 1.29 is 0 Å². The minimum atomic E-state index is 0.784. The average Bonchev–Trinajstić information content (AvgIpc) is 2.46. The van der Waals surface area contributed by atoms with Crippen LogP contribution in [-0.2, 0) is 6.54 Å². The van der Waals surface area contributed by atoms with Gasteiger partial charge in [-0.15, -0.1) is 0 Å². The maximum atomic E-state index is 5.83. The van der Waals surface area contributed by atoms with E-state index in [1.165, 1.54) is 16.3 Å². The first-order chi connectivity index (χ1) is 9.74. The number of nitrogens with two attached hydrogens (primary N) is 1. The fourth-order valence-electron chi connectivity index (χ4n) is 2.45. The molecule has 3 nitrogen and oxygen atoms in total. The van der Waals surface area contributed by atoms with E-state index in [1.54, 1.807) is 0 Å². The predicted octanol–water partition coefficient (Wildman–Crippen LogP) is 3.45. The molecule has 0 saturated heterocycles. The van der Waals surface area contributed by atoms with Crippen molar-refractivity contribution in [1.29, 1.82) is 0 Å². The highest BCUT2D eigenvalue weighted by Crippen LogP contribution is 2.24. The minimum absolute atomic E-state index is 0.784. The van der Waals surface area contributed by atoms with Gasteiger partial charge in [0.1, 0.15) is 5.82 Å². The van der Waals surface area contributed by atoms with Crippen LogP contribution in [0.1, 0.15) is 5.56 Å². The molecule has 2 N–H and O–H groups in total. The van der Waals surface area contributed by atoms with Crippen LogP contribution in [0.4, 0.5) is 11.5 Å². The van der Waals surface area contributed by atoms with Gasteiger partial charge in [0.2, 0.25) is 0 Å². The predicted molar refractivity (Wildman–Crippen MR) is 84.7 cm³/mol. The van der Waals surface area contributed by atoms with E-state index in [4.69, 9.17) is 5.73 Å². The van der Waals surface area contributed by atoms with Crippen LogP contribution in [0.2, 0.25) is 0 Å². The SMILES string of the molecule is CN(Cc1cccc(N)c1)c1nccc2ccccc12. The van der Waals surface area contributed by atoms with Crippen LogP contribution in [0.5, 0.6) is 0 Å². The van der Waals surface area contributed by atoms with E-state index in [9.17, 15) is 0 Å². The highest BCUT2D eigenvalue weighted by Gasteiger charge is 2.07. The molecule has 0 aliphatic heterocycles. The second-order valence-electron chi connectivity index (χ2n) is 4.96. The molecule has 0 amide bonds. The second kappa shape index (κ2) is 5.21. The van der Waals surface area contributed by atoms with Gasteiger partial charge in [-0.3, -0.25) is 0 Å². The summed E-state index contributed by atoms with van der Waals surface area (Å²) in [5.74, 6) is 0.991. The molecule has 1 aromatic heterocycles. The lowest BCUT2D eigenvalue weighted by Crippen LogP contribution is -2.18. The van der Waals surface area contributed by atoms with Gasteiger partial charge in [0.05, 0.1) is 0 Å². The monoisotopic (exact) mass is 263 g/mol. The zero-order chi connectivity index (χ0) is 13.9. The Hall–Kier alpha value is -2.55. The van der Waals surface area contributed by atoms with E-state index in [-0.39, 0.29) is 0 Å². The third kappa shape index (κ3) is 2.43. The topological polar surface area (TPSA) is 42.1 Å². The Labute approximate surface area is 118 Å². The first kappa shape index (κ1) is 12.5. The summed E-state index contributed by atoms with van der Waals surface area (Å²) < 4.78 is 0. The maximum Gasteiger partial charge on any atom is 0.136 e. The lowest BCUT2D eigenvalue weighted by Gasteiger charge is -2.20. The van der Waals surface area contributed by atoms with Gasteiger partial charge in [-0.25, -0.2) is 4.98 Å². The van der Waals surface area contributed by atoms with Crippen LogP contribution in [0, 0.1) is 0 Å². The fourth-order valence-corrected chi connectivity index (χ4v) is 2.45. The standard InChI is InChI=1S/C17H17N3/c1-20(12-13-5-4-7-15(18)11-13)17-16-8-3-2-6-14(16)9-10-19-17/h2-11H,12,18H2,1H3. The van der Waals surface area contributed by atoms with Crippen LogP contribution >= 0.6 is 0 Å². The Kier molecular flexibility index (Phi) is 3.25. The fraction of sp³-hybridized carbons (Fsp3) is 0.118. The third-order valence-electron chi connectivity index (χ3n) is 3.38. The molecule has 0 atom stereocenters. The van der Waals surface area contributed by atoms with Gasteiger partial charge in [-0.1, -0.05) is 36.4 Å². The normalized spacial score (nSPS) is 10.7. The summed E-state index contributed by atoms with van der Waals surface area (Å²) in [6, 6.07) is 18.3. The number of pyridine rings is 1. The molecule has 1 heterocycles. The number of nitrogens with zero attached hydrogens (tertiary/aromatic N) is 2. The van der Waals surface area contributed by atoms with Gasteiger partial charge in [0, 0.05) is 30.9 Å².